The van der Waals surface area contributed by atoms with Crippen molar-refractivity contribution >= 4 is 27.5 Å². The van der Waals surface area contributed by atoms with Gasteiger partial charge in [-0.2, -0.15) is 17.0 Å². The van der Waals surface area contributed by atoms with Crippen LogP contribution in [0.2, 0.25) is 0 Å². The molecule has 0 radical (unpaired) electrons. The number of aryl methyl sites for hydroxylation is 1. The predicted octanol–water partition coefficient (Wildman–Crippen LogP) is 1.86. The van der Waals surface area contributed by atoms with Gasteiger partial charge in [-0.25, -0.2) is 4.98 Å². The van der Waals surface area contributed by atoms with Crippen LogP contribution in [0, 0.1) is 6.92 Å². The summed E-state index contributed by atoms with van der Waals surface area (Å²) in [7, 11) is -3.55. The third-order valence-electron chi connectivity index (χ3n) is 5.20. The summed E-state index contributed by atoms with van der Waals surface area (Å²) in [6.45, 7) is 14.0. The fraction of sp³-hybridized carbons (Fsp3) is 0.789. The zero-order valence-electron chi connectivity index (χ0n) is 18.1. The van der Waals surface area contributed by atoms with E-state index in [-0.39, 0.29) is 23.5 Å². The van der Waals surface area contributed by atoms with E-state index in [1.165, 1.54) is 19.9 Å². The number of amides is 1. The van der Waals surface area contributed by atoms with Gasteiger partial charge in [-0.05, 0) is 20.8 Å². The van der Waals surface area contributed by atoms with Crippen molar-refractivity contribution in [1.82, 2.24) is 18.5 Å². The van der Waals surface area contributed by atoms with Gasteiger partial charge in [0.2, 0.25) is 0 Å². The average molecular weight is 445 g/mol. The number of hydrogen-bond acceptors (Lipinski definition) is 6. The summed E-state index contributed by atoms with van der Waals surface area (Å²) in [6, 6.07) is 0. The van der Waals surface area contributed by atoms with E-state index in [1.807, 2.05) is 20.8 Å². The van der Waals surface area contributed by atoms with Crippen LogP contribution in [0.1, 0.15) is 55.0 Å². The maximum absolute atomic E-state index is 13.0. The Kier molecular flexibility index (Phi) is 6.41. The summed E-state index contributed by atoms with van der Waals surface area (Å²) in [6.07, 6.45) is -0.245. The maximum Gasteiger partial charge on any atom is 0.282 e. The second-order valence-corrected chi connectivity index (χ2v) is 11.9. The van der Waals surface area contributed by atoms with Crippen LogP contribution in [-0.4, -0.2) is 84.3 Å². The number of thiazole rings is 1. The summed E-state index contributed by atoms with van der Waals surface area (Å²) >= 11 is 1.44. The number of piperazine rings is 1. The van der Waals surface area contributed by atoms with Crippen molar-refractivity contribution < 1.29 is 17.9 Å². The molecule has 0 saturated carbocycles. The standard InChI is InChI=1S/C19H32N4O4S2/c1-13-11-23(12-14(2)27-13)29(25,26)22-9-7-21(8-10-22)17(24)16-15(3)20-18(28-16)19(4,5)6/h13-14H,7-12H2,1-6H3. The molecule has 3 rings (SSSR count). The molecule has 1 aromatic heterocycles. The third-order valence-corrected chi connectivity index (χ3v) is 8.74. The largest absolute Gasteiger partial charge is 0.373 e. The van der Waals surface area contributed by atoms with Gasteiger partial charge in [-0.3, -0.25) is 4.79 Å². The molecule has 0 bridgehead atoms. The quantitative estimate of drug-likeness (QED) is 0.711. The molecule has 2 fully saturated rings. The van der Waals surface area contributed by atoms with Gasteiger partial charge in [0.25, 0.3) is 16.1 Å². The highest BCUT2D eigenvalue weighted by Crippen LogP contribution is 2.30. The second-order valence-electron chi connectivity index (χ2n) is 8.96. The van der Waals surface area contributed by atoms with Crippen molar-refractivity contribution in [3.05, 3.63) is 15.6 Å². The van der Waals surface area contributed by atoms with Crippen molar-refractivity contribution in [2.45, 2.75) is 59.2 Å². The molecular formula is C19H32N4O4S2. The van der Waals surface area contributed by atoms with Crippen molar-refractivity contribution in [2.24, 2.45) is 0 Å². The van der Waals surface area contributed by atoms with E-state index < -0.39 is 10.2 Å². The number of morpholine rings is 1. The topological polar surface area (TPSA) is 83.1 Å². The van der Waals surface area contributed by atoms with E-state index in [2.05, 4.69) is 25.8 Å². The first kappa shape index (κ1) is 22.6. The Labute approximate surface area is 178 Å². The second kappa shape index (κ2) is 8.22. The van der Waals surface area contributed by atoms with Gasteiger partial charge in [-0.1, -0.05) is 20.8 Å². The number of carbonyl (C=O) groups is 1. The van der Waals surface area contributed by atoms with Crippen molar-refractivity contribution in [2.75, 3.05) is 39.3 Å². The smallest absolute Gasteiger partial charge is 0.282 e. The molecule has 2 saturated heterocycles. The Morgan fingerprint density at radius 1 is 1.07 bits per heavy atom. The van der Waals surface area contributed by atoms with Crippen LogP contribution in [0.3, 0.4) is 0 Å². The highest BCUT2D eigenvalue weighted by atomic mass is 32.2. The number of ether oxygens (including phenoxy) is 1. The number of hydrogen-bond donors (Lipinski definition) is 0. The van der Waals surface area contributed by atoms with Gasteiger partial charge in [0.1, 0.15) is 4.88 Å². The number of nitrogens with zero attached hydrogens (tertiary/aromatic N) is 4. The molecule has 0 aliphatic carbocycles. The minimum Gasteiger partial charge on any atom is -0.373 e. The van der Waals surface area contributed by atoms with Crippen LogP contribution in [0.25, 0.3) is 0 Å². The van der Waals surface area contributed by atoms with E-state index >= 15 is 0 Å². The lowest BCUT2D eigenvalue weighted by atomic mass is 9.98. The lowest BCUT2D eigenvalue weighted by Crippen LogP contribution is -2.57. The fourth-order valence-corrected chi connectivity index (χ4v) is 6.50. The molecule has 1 aromatic rings. The highest BCUT2D eigenvalue weighted by molar-refractivity contribution is 7.86. The molecule has 10 heteroatoms. The minimum atomic E-state index is -3.55. The van der Waals surface area contributed by atoms with Gasteiger partial charge < -0.3 is 9.64 Å². The molecule has 2 aliphatic rings. The molecule has 2 atom stereocenters. The number of carbonyl (C=O) groups excluding carboxylic acids is 1. The summed E-state index contributed by atoms with van der Waals surface area (Å²) in [4.78, 5) is 20.0. The summed E-state index contributed by atoms with van der Waals surface area (Å²) < 4.78 is 34.7. The summed E-state index contributed by atoms with van der Waals surface area (Å²) in [5.74, 6) is -0.0545. The monoisotopic (exact) mass is 444 g/mol. The van der Waals surface area contributed by atoms with Crippen molar-refractivity contribution in [3.8, 4) is 0 Å². The van der Waals surface area contributed by atoms with Gasteiger partial charge >= 0.3 is 0 Å². The normalized spacial score (nSPS) is 25.4. The molecule has 2 unspecified atom stereocenters. The van der Waals surface area contributed by atoms with E-state index in [9.17, 15) is 13.2 Å². The van der Waals surface area contributed by atoms with E-state index in [1.54, 1.807) is 4.90 Å². The third kappa shape index (κ3) is 4.82. The van der Waals surface area contributed by atoms with Crippen LogP contribution in [0.4, 0.5) is 0 Å². The number of rotatable bonds is 3. The molecule has 1 amide bonds. The van der Waals surface area contributed by atoms with Gasteiger partial charge in [0.05, 0.1) is 22.9 Å². The molecule has 0 N–H and O–H groups in total. The molecule has 2 aliphatic heterocycles. The molecule has 8 nitrogen and oxygen atoms in total. The van der Waals surface area contributed by atoms with E-state index in [0.717, 1.165) is 10.7 Å². The van der Waals surface area contributed by atoms with Gasteiger partial charge in [0.15, 0.2) is 0 Å². The van der Waals surface area contributed by atoms with Gasteiger partial charge in [0, 0.05) is 44.7 Å². The van der Waals surface area contributed by atoms with Crippen LogP contribution in [-0.2, 0) is 20.4 Å². The fourth-order valence-electron chi connectivity index (χ4n) is 3.66. The predicted molar refractivity (Wildman–Crippen MR) is 114 cm³/mol. The Bertz CT molecular complexity index is 844. The van der Waals surface area contributed by atoms with Crippen molar-refractivity contribution in [3.63, 3.8) is 0 Å². The Balaban J connectivity index is 1.66. The lowest BCUT2D eigenvalue weighted by Gasteiger charge is -2.40. The van der Waals surface area contributed by atoms with E-state index in [4.69, 9.17) is 4.74 Å². The Hall–Kier alpha value is -1.07. The average Bonchev–Trinajstić information content (AvgIpc) is 3.02. The van der Waals surface area contributed by atoms with Crippen LogP contribution in [0.5, 0.6) is 0 Å². The summed E-state index contributed by atoms with van der Waals surface area (Å²) in [5.41, 5.74) is 0.643. The maximum atomic E-state index is 13.0. The highest BCUT2D eigenvalue weighted by Gasteiger charge is 2.38. The van der Waals surface area contributed by atoms with Crippen molar-refractivity contribution in [1.29, 1.82) is 0 Å². The van der Waals surface area contributed by atoms with E-state index in [0.29, 0.717) is 44.1 Å². The SMILES string of the molecule is Cc1nc(C(C)(C)C)sc1C(=O)N1CCN(S(=O)(=O)N2CC(C)OC(C)C2)CC1. The van der Waals surface area contributed by atoms with Crippen LogP contribution < -0.4 is 0 Å². The molecular weight excluding hydrogens is 412 g/mol. The molecule has 3 heterocycles. The molecule has 29 heavy (non-hydrogen) atoms. The zero-order valence-corrected chi connectivity index (χ0v) is 19.8. The first-order valence-corrected chi connectivity index (χ1v) is 12.3. The summed E-state index contributed by atoms with van der Waals surface area (Å²) in [5, 5.41) is 0.940. The Morgan fingerprint density at radius 2 is 1.62 bits per heavy atom. The van der Waals surface area contributed by atoms with Crippen LogP contribution in [0.15, 0.2) is 0 Å². The molecule has 0 spiro atoms. The Morgan fingerprint density at radius 3 is 2.10 bits per heavy atom. The lowest BCUT2D eigenvalue weighted by molar-refractivity contribution is -0.0457. The van der Waals surface area contributed by atoms with Crippen LogP contribution >= 0.6 is 11.3 Å². The minimum absolute atomic E-state index is 0.0545. The zero-order chi connectivity index (χ0) is 21.6. The molecule has 164 valence electrons. The van der Waals surface area contributed by atoms with Gasteiger partial charge in [-0.15, -0.1) is 11.3 Å². The first-order chi connectivity index (χ1) is 13.4. The first-order valence-electron chi connectivity index (χ1n) is 10.1. The molecule has 0 aromatic carbocycles. The number of aromatic nitrogens is 1.